The molecule has 3 N–H and O–H groups in total. The summed E-state index contributed by atoms with van der Waals surface area (Å²) in [6.45, 7) is 1.48. The van der Waals surface area contributed by atoms with Crippen molar-refractivity contribution in [3.8, 4) is 0 Å². The maximum atomic E-state index is 11.9. The Balaban J connectivity index is 0.00000242. The molecule has 1 aliphatic rings. The van der Waals surface area contributed by atoms with Crippen molar-refractivity contribution in [3.63, 3.8) is 0 Å². The number of amides is 1. The van der Waals surface area contributed by atoms with Gasteiger partial charge in [0, 0.05) is 13.1 Å². The Morgan fingerprint density at radius 3 is 2.30 bits per heavy atom. The number of hydrogen-bond donors (Lipinski definition) is 2. The molecular weight excluding hydrogens is 333 g/mol. The second-order valence-electron chi connectivity index (χ2n) is 6.40. The lowest BCUT2D eigenvalue weighted by molar-refractivity contribution is -0.122. The van der Waals surface area contributed by atoms with Crippen molar-refractivity contribution in [2.45, 2.75) is 44.8 Å². The first-order valence-electron chi connectivity index (χ1n) is 7.80. The van der Waals surface area contributed by atoms with Crippen molar-refractivity contribution in [3.05, 3.63) is 35.4 Å². The van der Waals surface area contributed by atoms with Crippen LogP contribution in [0.5, 0.6) is 0 Å². The fourth-order valence-electron chi connectivity index (χ4n) is 2.40. The van der Waals surface area contributed by atoms with Crippen molar-refractivity contribution in [2.24, 2.45) is 11.7 Å². The van der Waals surface area contributed by atoms with E-state index in [0.717, 1.165) is 30.9 Å². The van der Waals surface area contributed by atoms with Gasteiger partial charge in [0.15, 0.2) is 0 Å². The Morgan fingerprint density at radius 2 is 1.78 bits per heavy atom. The van der Waals surface area contributed by atoms with Gasteiger partial charge in [0.25, 0.3) is 0 Å². The molecule has 2 rings (SSSR count). The van der Waals surface area contributed by atoms with E-state index in [1.54, 1.807) is 0 Å². The summed E-state index contributed by atoms with van der Waals surface area (Å²) < 4.78 is 0. The van der Waals surface area contributed by atoms with E-state index in [0.29, 0.717) is 6.54 Å². The molecule has 1 atom stereocenters. The number of nitrogens with zero attached hydrogens (tertiary/aromatic N) is 1. The SMILES string of the molecule is CN(C)Cc1ccc(CNC(=O)C(N)CCC2CC2)cc1.Cl.Cl. The number of hydrogen-bond acceptors (Lipinski definition) is 3. The van der Waals surface area contributed by atoms with Crippen LogP contribution < -0.4 is 11.1 Å². The van der Waals surface area contributed by atoms with E-state index in [9.17, 15) is 4.79 Å². The number of nitrogens with two attached hydrogens (primary N) is 1. The van der Waals surface area contributed by atoms with Crippen molar-refractivity contribution in [1.29, 1.82) is 0 Å². The summed E-state index contributed by atoms with van der Waals surface area (Å²) in [5.74, 6) is 0.793. The Hall–Kier alpha value is -0.810. The Kier molecular flexibility index (Phi) is 10.5. The van der Waals surface area contributed by atoms with Crippen molar-refractivity contribution in [2.75, 3.05) is 14.1 Å². The third-order valence-electron chi connectivity index (χ3n) is 3.91. The van der Waals surface area contributed by atoms with Crippen LogP contribution in [0.4, 0.5) is 0 Å². The van der Waals surface area contributed by atoms with Crippen LogP contribution >= 0.6 is 24.8 Å². The van der Waals surface area contributed by atoms with E-state index in [1.807, 2.05) is 0 Å². The number of nitrogens with one attached hydrogen (secondary N) is 1. The third kappa shape index (κ3) is 8.56. The Labute approximate surface area is 152 Å². The van der Waals surface area contributed by atoms with Gasteiger partial charge >= 0.3 is 0 Å². The summed E-state index contributed by atoms with van der Waals surface area (Å²) in [5, 5.41) is 2.93. The maximum Gasteiger partial charge on any atom is 0.237 e. The molecule has 0 radical (unpaired) electrons. The predicted octanol–water partition coefficient (Wildman–Crippen LogP) is 2.73. The largest absolute Gasteiger partial charge is 0.351 e. The topological polar surface area (TPSA) is 58.4 Å². The minimum absolute atomic E-state index is 0. The number of carbonyl (C=O) groups is 1. The van der Waals surface area contributed by atoms with Gasteiger partial charge in [-0.05, 0) is 44.0 Å². The highest BCUT2D eigenvalue weighted by atomic mass is 35.5. The molecule has 0 heterocycles. The normalized spacial score (nSPS) is 14.6. The molecule has 1 fully saturated rings. The molecule has 0 saturated heterocycles. The average molecular weight is 362 g/mol. The molecule has 1 unspecified atom stereocenters. The first-order valence-corrected chi connectivity index (χ1v) is 7.80. The molecule has 1 saturated carbocycles. The maximum absolute atomic E-state index is 11.9. The van der Waals surface area contributed by atoms with Crippen LogP contribution in [-0.2, 0) is 17.9 Å². The van der Waals surface area contributed by atoms with Gasteiger partial charge in [-0.1, -0.05) is 37.1 Å². The quantitative estimate of drug-likeness (QED) is 0.748. The summed E-state index contributed by atoms with van der Waals surface area (Å²) in [6.07, 6.45) is 4.52. The molecule has 0 spiro atoms. The van der Waals surface area contributed by atoms with Gasteiger partial charge in [0.1, 0.15) is 0 Å². The van der Waals surface area contributed by atoms with E-state index in [1.165, 1.54) is 18.4 Å². The monoisotopic (exact) mass is 361 g/mol. The molecular formula is C17H29Cl2N3O. The summed E-state index contributed by atoms with van der Waals surface area (Å²) >= 11 is 0. The molecule has 132 valence electrons. The van der Waals surface area contributed by atoms with Crippen LogP contribution in [0.15, 0.2) is 24.3 Å². The van der Waals surface area contributed by atoms with E-state index in [4.69, 9.17) is 5.73 Å². The Bertz CT molecular complexity index is 461. The van der Waals surface area contributed by atoms with Crippen LogP contribution in [0.25, 0.3) is 0 Å². The van der Waals surface area contributed by atoms with Gasteiger partial charge < -0.3 is 16.0 Å². The van der Waals surface area contributed by atoms with Gasteiger partial charge in [-0.2, -0.15) is 0 Å². The highest BCUT2D eigenvalue weighted by molar-refractivity contribution is 5.85. The lowest BCUT2D eigenvalue weighted by Gasteiger charge is -2.13. The molecule has 23 heavy (non-hydrogen) atoms. The lowest BCUT2D eigenvalue weighted by Crippen LogP contribution is -2.40. The average Bonchev–Trinajstić information content (AvgIpc) is 3.27. The minimum atomic E-state index is -0.362. The number of carbonyl (C=O) groups excluding carboxylic acids is 1. The minimum Gasteiger partial charge on any atom is -0.351 e. The molecule has 1 aromatic rings. The smallest absolute Gasteiger partial charge is 0.237 e. The standard InChI is InChI=1S/C17H27N3O.2ClH/c1-20(2)12-15-7-5-14(6-8-15)11-19-17(21)16(18)10-9-13-3-4-13;;/h5-8,13,16H,3-4,9-12,18H2,1-2H3,(H,19,21);2*1H. The fourth-order valence-corrected chi connectivity index (χ4v) is 2.40. The molecule has 1 aromatic carbocycles. The molecule has 6 heteroatoms. The van der Waals surface area contributed by atoms with Gasteiger partial charge in [0.2, 0.25) is 5.91 Å². The van der Waals surface area contributed by atoms with Crippen LogP contribution in [0.3, 0.4) is 0 Å². The third-order valence-corrected chi connectivity index (χ3v) is 3.91. The number of benzene rings is 1. The summed E-state index contributed by atoms with van der Waals surface area (Å²) in [7, 11) is 4.11. The van der Waals surface area contributed by atoms with E-state index >= 15 is 0 Å². The van der Waals surface area contributed by atoms with E-state index in [-0.39, 0.29) is 36.8 Å². The molecule has 1 aliphatic carbocycles. The van der Waals surface area contributed by atoms with Crippen LogP contribution in [0, 0.1) is 5.92 Å². The molecule has 4 nitrogen and oxygen atoms in total. The zero-order chi connectivity index (χ0) is 15.2. The first kappa shape index (κ1) is 22.2. The second-order valence-corrected chi connectivity index (χ2v) is 6.40. The molecule has 1 amide bonds. The van der Waals surface area contributed by atoms with Crippen LogP contribution in [-0.4, -0.2) is 30.9 Å². The van der Waals surface area contributed by atoms with Gasteiger partial charge in [-0.25, -0.2) is 0 Å². The van der Waals surface area contributed by atoms with Crippen molar-refractivity contribution >= 4 is 30.7 Å². The Morgan fingerprint density at radius 1 is 1.22 bits per heavy atom. The highest BCUT2D eigenvalue weighted by Crippen LogP contribution is 2.33. The van der Waals surface area contributed by atoms with Gasteiger partial charge in [-0.15, -0.1) is 24.8 Å². The first-order chi connectivity index (χ1) is 10.0. The molecule has 0 aliphatic heterocycles. The van der Waals surface area contributed by atoms with Crippen molar-refractivity contribution < 1.29 is 4.79 Å². The molecule has 0 bridgehead atoms. The molecule has 0 aromatic heterocycles. The van der Waals surface area contributed by atoms with Gasteiger partial charge in [-0.3, -0.25) is 4.79 Å². The zero-order valence-electron chi connectivity index (χ0n) is 14.0. The summed E-state index contributed by atoms with van der Waals surface area (Å²) in [5.41, 5.74) is 8.30. The van der Waals surface area contributed by atoms with Gasteiger partial charge in [0.05, 0.1) is 6.04 Å². The number of rotatable bonds is 8. The zero-order valence-corrected chi connectivity index (χ0v) is 15.6. The highest BCUT2D eigenvalue weighted by Gasteiger charge is 2.23. The summed E-state index contributed by atoms with van der Waals surface area (Å²) in [4.78, 5) is 14.1. The van der Waals surface area contributed by atoms with Crippen LogP contribution in [0.2, 0.25) is 0 Å². The summed E-state index contributed by atoms with van der Waals surface area (Å²) in [6, 6.07) is 7.98. The van der Waals surface area contributed by atoms with Crippen molar-refractivity contribution in [1.82, 2.24) is 10.2 Å². The van der Waals surface area contributed by atoms with E-state index < -0.39 is 0 Å². The fraction of sp³-hybridized carbons (Fsp3) is 0.588. The lowest BCUT2D eigenvalue weighted by atomic mass is 10.1. The second kappa shape index (κ2) is 10.9. The number of halogens is 2. The van der Waals surface area contributed by atoms with Crippen LogP contribution in [0.1, 0.15) is 36.8 Å². The van der Waals surface area contributed by atoms with E-state index in [2.05, 4.69) is 48.6 Å². The predicted molar refractivity (Wildman–Crippen MR) is 100 cm³/mol.